The minimum absolute atomic E-state index is 0.115. The zero-order chi connectivity index (χ0) is 22.6. The molecule has 0 spiro atoms. The molecule has 1 aromatic carbocycles. The molecule has 1 aromatic heterocycles. The van der Waals surface area contributed by atoms with Crippen molar-refractivity contribution in [2.24, 2.45) is 5.41 Å². The summed E-state index contributed by atoms with van der Waals surface area (Å²) in [4.78, 5) is 18.7. The van der Waals surface area contributed by atoms with Gasteiger partial charge < -0.3 is 24.8 Å². The van der Waals surface area contributed by atoms with Gasteiger partial charge in [0.15, 0.2) is 0 Å². The highest BCUT2D eigenvalue weighted by molar-refractivity contribution is 5.93. The van der Waals surface area contributed by atoms with E-state index in [0.717, 1.165) is 12.1 Å². The number of halogens is 3. The van der Waals surface area contributed by atoms with E-state index in [1.165, 1.54) is 6.07 Å². The first-order chi connectivity index (χ1) is 14.5. The van der Waals surface area contributed by atoms with Gasteiger partial charge in [0.25, 0.3) is 0 Å². The second kappa shape index (κ2) is 9.17. The fourth-order valence-corrected chi connectivity index (χ4v) is 3.35. The van der Waals surface area contributed by atoms with Gasteiger partial charge in [-0.2, -0.15) is 13.2 Å². The molecule has 1 aliphatic rings. The summed E-state index contributed by atoms with van der Waals surface area (Å²) in [7, 11) is 0. The van der Waals surface area contributed by atoms with Crippen molar-refractivity contribution in [3.63, 3.8) is 0 Å². The van der Waals surface area contributed by atoms with E-state index < -0.39 is 17.8 Å². The Hall–Kier alpha value is -2.75. The summed E-state index contributed by atoms with van der Waals surface area (Å²) in [6.07, 6.45) is 0.589. The van der Waals surface area contributed by atoms with E-state index in [1.807, 2.05) is 30.2 Å². The molecule has 2 heterocycles. The lowest BCUT2D eigenvalue weighted by atomic mass is 9.86. The van der Waals surface area contributed by atoms with Crippen LogP contribution < -0.4 is 15.5 Å². The van der Waals surface area contributed by atoms with E-state index in [-0.39, 0.29) is 17.1 Å². The van der Waals surface area contributed by atoms with E-state index in [1.54, 1.807) is 18.7 Å². The molecule has 1 atom stereocenters. The molecule has 7 nitrogen and oxygen atoms in total. The number of ether oxygens (including phenoxy) is 1. The number of nitrogens with zero attached hydrogens (tertiary/aromatic N) is 3. The summed E-state index contributed by atoms with van der Waals surface area (Å²) < 4.78 is 47.0. The number of benzene rings is 1. The zero-order valence-electron chi connectivity index (χ0n) is 17.9. The quantitative estimate of drug-likeness (QED) is 0.740. The van der Waals surface area contributed by atoms with Crippen LogP contribution >= 0.6 is 0 Å². The number of amides is 2. The fraction of sp³-hybridized carbons (Fsp3) is 0.524. The minimum atomic E-state index is -4.51. The highest BCUT2D eigenvalue weighted by atomic mass is 19.4. The smallest absolute Gasteiger partial charge is 0.378 e. The van der Waals surface area contributed by atoms with Gasteiger partial charge in [-0.1, -0.05) is 20.8 Å². The lowest BCUT2D eigenvalue weighted by molar-refractivity contribution is -0.137. The average Bonchev–Trinajstić information content (AvgIpc) is 3.20. The SMILES string of the molecule is CC(C)(C)[C@@H](Cn1ccnc1)NC(=O)Nc1cc(C(F)(F)F)ccc1N1CCOCC1. The van der Waals surface area contributed by atoms with Crippen LogP contribution in [0.3, 0.4) is 0 Å². The van der Waals surface area contributed by atoms with Crippen molar-refractivity contribution in [1.82, 2.24) is 14.9 Å². The molecule has 10 heteroatoms. The van der Waals surface area contributed by atoms with Gasteiger partial charge in [0.05, 0.1) is 42.5 Å². The number of hydrogen-bond acceptors (Lipinski definition) is 4. The van der Waals surface area contributed by atoms with Gasteiger partial charge in [0.1, 0.15) is 0 Å². The number of rotatable bonds is 5. The van der Waals surface area contributed by atoms with Gasteiger partial charge in [-0.25, -0.2) is 9.78 Å². The Morgan fingerprint density at radius 1 is 1.23 bits per heavy atom. The van der Waals surface area contributed by atoms with Crippen molar-refractivity contribution < 1.29 is 22.7 Å². The lowest BCUT2D eigenvalue weighted by Crippen LogP contribution is -2.48. The largest absolute Gasteiger partial charge is 0.416 e. The number of hydrogen-bond donors (Lipinski definition) is 2. The van der Waals surface area contributed by atoms with Crippen LogP contribution in [0, 0.1) is 5.41 Å². The van der Waals surface area contributed by atoms with Crippen LogP contribution in [0.15, 0.2) is 36.9 Å². The molecule has 2 aromatic rings. The summed E-state index contributed by atoms with van der Waals surface area (Å²) >= 11 is 0. The van der Waals surface area contributed by atoms with E-state index in [2.05, 4.69) is 15.6 Å². The van der Waals surface area contributed by atoms with Crippen LogP contribution in [-0.4, -0.2) is 47.9 Å². The predicted molar refractivity (Wildman–Crippen MR) is 112 cm³/mol. The third kappa shape index (κ3) is 6.13. The summed E-state index contributed by atoms with van der Waals surface area (Å²) in [6.45, 7) is 8.46. The number of carbonyl (C=O) groups is 1. The standard InChI is InChI=1S/C21H28F3N5O2/c1-20(2,3)18(13-28-7-6-25-14-28)27-19(30)26-16-12-15(21(22,23)24)4-5-17(16)29-8-10-31-11-9-29/h4-7,12,14,18H,8-11,13H2,1-3H3,(H2,26,27,30)/t18-/m1/s1. The second-order valence-electron chi connectivity index (χ2n) is 8.61. The molecule has 1 saturated heterocycles. The van der Waals surface area contributed by atoms with Gasteiger partial charge in [0, 0.05) is 32.0 Å². The Kier molecular flexibility index (Phi) is 6.78. The summed E-state index contributed by atoms with van der Waals surface area (Å²) in [5.41, 5.74) is -0.453. The summed E-state index contributed by atoms with van der Waals surface area (Å²) in [5, 5.41) is 5.55. The van der Waals surface area contributed by atoms with Crippen LogP contribution in [0.5, 0.6) is 0 Å². The molecule has 2 N–H and O–H groups in total. The molecule has 1 aliphatic heterocycles. The molecule has 31 heavy (non-hydrogen) atoms. The maximum absolute atomic E-state index is 13.3. The first-order valence-corrected chi connectivity index (χ1v) is 10.1. The van der Waals surface area contributed by atoms with Crippen LogP contribution in [0.4, 0.5) is 29.3 Å². The third-order valence-electron chi connectivity index (χ3n) is 5.23. The van der Waals surface area contributed by atoms with Gasteiger partial charge >= 0.3 is 12.2 Å². The van der Waals surface area contributed by atoms with E-state index >= 15 is 0 Å². The van der Waals surface area contributed by atoms with Gasteiger partial charge in [-0.05, 0) is 23.6 Å². The molecule has 0 aliphatic carbocycles. The molecule has 0 bridgehead atoms. The Balaban J connectivity index is 1.82. The summed E-state index contributed by atoms with van der Waals surface area (Å²) in [5.74, 6) is 0. The maximum atomic E-state index is 13.3. The fourth-order valence-electron chi connectivity index (χ4n) is 3.35. The molecule has 170 valence electrons. The highest BCUT2D eigenvalue weighted by Crippen LogP contribution is 2.36. The third-order valence-corrected chi connectivity index (χ3v) is 5.23. The number of urea groups is 1. The summed E-state index contributed by atoms with van der Waals surface area (Å²) in [6, 6.07) is 2.57. The number of anilines is 2. The Morgan fingerprint density at radius 3 is 2.52 bits per heavy atom. The molecular formula is C21H28F3N5O2. The zero-order valence-corrected chi connectivity index (χ0v) is 17.9. The van der Waals surface area contributed by atoms with Crippen molar-refractivity contribution in [1.29, 1.82) is 0 Å². The molecule has 2 amide bonds. The second-order valence-corrected chi connectivity index (χ2v) is 8.61. The monoisotopic (exact) mass is 439 g/mol. The molecule has 0 unspecified atom stereocenters. The van der Waals surface area contributed by atoms with Crippen molar-refractivity contribution in [3.05, 3.63) is 42.5 Å². The van der Waals surface area contributed by atoms with E-state index in [0.29, 0.717) is 38.5 Å². The Morgan fingerprint density at radius 2 is 1.94 bits per heavy atom. The van der Waals surface area contributed by atoms with Crippen molar-refractivity contribution in [3.8, 4) is 0 Å². The molecule has 0 saturated carbocycles. The average molecular weight is 439 g/mol. The van der Waals surface area contributed by atoms with Gasteiger partial charge in [0.2, 0.25) is 0 Å². The first kappa shape index (κ1) is 22.9. The first-order valence-electron chi connectivity index (χ1n) is 10.1. The molecule has 1 fully saturated rings. The minimum Gasteiger partial charge on any atom is -0.378 e. The number of morpholine rings is 1. The van der Waals surface area contributed by atoms with Crippen LogP contribution in [0.25, 0.3) is 0 Å². The maximum Gasteiger partial charge on any atom is 0.416 e. The van der Waals surface area contributed by atoms with Crippen LogP contribution in [0.1, 0.15) is 26.3 Å². The van der Waals surface area contributed by atoms with Crippen LogP contribution in [0.2, 0.25) is 0 Å². The molecular weight excluding hydrogens is 411 g/mol. The highest BCUT2D eigenvalue weighted by Gasteiger charge is 2.32. The Labute approximate surface area is 179 Å². The van der Waals surface area contributed by atoms with Gasteiger partial charge in [-0.3, -0.25) is 0 Å². The van der Waals surface area contributed by atoms with E-state index in [4.69, 9.17) is 4.74 Å². The molecule has 3 rings (SSSR count). The van der Waals surface area contributed by atoms with Crippen LogP contribution in [-0.2, 0) is 17.5 Å². The predicted octanol–water partition coefficient (Wildman–Crippen LogP) is 3.97. The lowest BCUT2D eigenvalue weighted by Gasteiger charge is -2.33. The number of imidazole rings is 1. The van der Waals surface area contributed by atoms with Crippen molar-refractivity contribution in [2.75, 3.05) is 36.5 Å². The van der Waals surface area contributed by atoms with Crippen molar-refractivity contribution >= 4 is 17.4 Å². The normalized spacial score (nSPS) is 16.1. The van der Waals surface area contributed by atoms with Gasteiger partial charge in [-0.15, -0.1) is 0 Å². The van der Waals surface area contributed by atoms with Crippen molar-refractivity contribution in [2.45, 2.75) is 39.5 Å². The number of alkyl halides is 3. The topological polar surface area (TPSA) is 71.4 Å². The number of carbonyl (C=O) groups excluding carboxylic acids is 1. The Bertz CT molecular complexity index is 872. The van der Waals surface area contributed by atoms with E-state index in [9.17, 15) is 18.0 Å². The molecule has 0 radical (unpaired) electrons. The number of aromatic nitrogens is 2. The number of nitrogens with one attached hydrogen (secondary N) is 2.